The van der Waals surface area contributed by atoms with Gasteiger partial charge in [0.25, 0.3) is 0 Å². The predicted octanol–water partition coefficient (Wildman–Crippen LogP) is 7.01. The van der Waals surface area contributed by atoms with Crippen molar-refractivity contribution in [1.29, 1.82) is 0 Å². The minimum absolute atomic E-state index is 0.289. The number of aryl methyl sites for hydroxylation is 1. The quantitative estimate of drug-likeness (QED) is 0.265. The fraction of sp³-hybridized carbons (Fsp3) is 0.458. The van der Waals surface area contributed by atoms with Crippen LogP contribution in [0.15, 0.2) is 48.5 Å². The van der Waals surface area contributed by atoms with Crippen molar-refractivity contribution in [1.82, 2.24) is 0 Å². The molecule has 2 rings (SSSR count). The predicted molar refractivity (Wildman–Crippen MR) is 117 cm³/mol. The molecule has 0 aliphatic carbocycles. The molecular weight excluding hydrogens is 348 g/mol. The molecule has 2 nitrogen and oxygen atoms in total. The number of hydrogen-bond donors (Lipinski definition) is 0. The minimum atomic E-state index is -1.29. The van der Waals surface area contributed by atoms with E-state index in [0.29, 0.717) is 16.9 Å². The average molecular weight is 383 g/mol. The lowest BCUT2D eigenvalue weighted by atomic mass is 10.1. The second-order valence-corrected chi connectivity index (χ2v) is 13.9. The molecule has 146 valence electrons. The number of unbranched alkanes of at least 4 members (excludes halogenated alkanes) is 1. The fourth-order valence-electron chi connectivity index (χ4n) is 3.51. The van der Waals surface area contributed by atoms with Crippen LogP contribution in [0.25, 0.3) is 0 Å². The normalized spacial score (nSPS) is 12.6. The summed E-state index contributed by atoms with van der Waals surface area (Å²) in [5.41, 5.74) is 3.88. The number of ether oxygens (including phenoxy) is 1. The minimum Gasteiger partial charge on any atom is -0.423 e. The SMILES string of the molecule is CCCCc1ccc(OC(=O)c2ccc(C(CCC)[Si](C)(C)C)cc2)cc1. The summed E-state index contributed by atoms with van der Waals surface area (Å²) in [6.07, 6.45) is 5.84. The van der Waals surface area contributed by atoms with Crippen LogP contribution in [0.1, 0.15) is 66.6 Å². The zero-order valence-electron chi connectivity index (χ0n) is 17.5. The monoisotopic (exact) mass is 382 g/mol. The van der Waals surface area contributed by atoms with Crippen LogP contribution in [-0.4, -0.2) is 14.0 Å². The summed E-state index contributed by atoms with van der Waals surface area (Å²) in [5.74, 6) is 0.318. The zero-order chi connectivity index (χ0) is 19.9. The molecule has 0 spiro atoms. The first kappa shape index (κ1) is 21.4. The van der Waals surface area contributed by atoms with Crippen LogP contribution in [0.2, 0.25) is 19.6 Å². The maximum atomic E-state index is 12.5. The molecular formula is C24H34O2Si. The van der Waals surface area contributed by atoms with Crippen molar-refractivity contribution in [2.24, 2.45) is 0 Å². The highest BCUT2D eigenvalue weighted by molar-refractivity contribution is 6.77. The fourth-order valence-corrected chi connectivity index (χ4v) is 5.86. The lowest BCUT2D eigenvalue weighted by Gasteiger charge is -2.29. The second-order valence-electron chi connectivity index (χ2n) is 8.47. The van der Waals surface area contributed by atoms with E-state index in [9.17, 15) is 4.79 Å². The van der Waals surface area contributed by atoms with E-state index in [1.165, 1.54) is 36.8 Å². The Morgan fingerprint density at radius 2 is 1.56 bits per heavy atom. The second kappa shape index (κ2) is 9.89. The molecule has 0 aliphatic rings. The van der Waals surface area contributed by atoms with Gasteiger partial charge in [0.1, 0.15) is 5.75 Å². The first-order chi connectivity index (χ1) is 12.8. The van der Waals surface area contributed by atoms with Crippen LogP contribution in [0.4, 0.5) is 0 Å². The van der Waals surface area contributed by atoms with Gasteiger partial charge in [0.2, 0.25) is 0 Å². The van der Waals surface area contributed by atoms with Gasteiger partial charge in [-0.1, -0.05) is 70.6 Å². The number of hydrogen-bond acceptors (Lipinski definition) is 2. The van der Waals surface area contributed by atoms with Crippen molar-refractivity contribution in [2.75, 3.05) is 0 Å². The summed E-state index contributed by atoms with van der Waals surface area (Å²) in [7, 11) is -1.29. The molecule has 27 heavy (non-hydrogen) atoms. The summed E-state index contributed by atoms with van der Waals surface area (Å²) in [5, 5.41) is 0. The number of benzene rings is 2. The highest BCUT2D eigenvalue weighted by Gasteiger charge is 2.27. The van der Waals surface area contributed by atoms with Gasteiger partial charge < -0.3 is 4.74 Å². The summed E-state index contributed by atoms with van der Waals surface area (Å²) in [6, 6.07) is 15.9. The van der Waals surface area contributed by atoms with Crippen LogP contribution in [0, 0.1) is 0 Å². The van der Waals surface area contributed by atoms with Gasteiger partial charge in [-0.05, 0) is 60.2 Å². The third-order valence-corrected chi connectivity index (χ3v) is 7.84. The maximum Gasteiger partial charge on any atom is 0.343 e. The van der Waals surface area contributed by atoms with Crippen LogP contribution in [-0.2, 0) is 6.42 Å². The highest BCUT2D eigenvalue weighted by Crippen LogP contribution is 2.31. The Labute approximate surface area is 166 Å². The van der Waals surface area contributed by atoms with E-state index in [2.05, 4.69) is 45.6 Å². The van der Waals surface area contributed by atoms with Gasteiger partial charge in [-0.25, -0.2) is 4.79 Å². The Morgan fingerprint density at radius 3 is 2.07 bits per heavy atom. The lowest BCUT2D eigenvalue weighted by molar-refractivity contribution is 0.0734. The molecule has 0 bridgehead atoms. The van der Waals surface area contributed by atoms with E-state index in [0.717, 1.165) is 6.42 Å². The average Bonchev–Trinajstić information content (AvgIpc) is 2.65. The highest BCUT2D eigenvalue weighted by atomic mass is 28.3. The number of carbonyl (C=O) groups is 1. The molecule has 0 aromatic heterocycles. The van der Waals surface area contributed by atoms with Crippen LogP contribution >= 0.6 is 0 Å². The summed E-state index contributed by atoms with van der Waals surface area (Å²) in [6.45, 7) is 11.7. The molecule has 3 heteroatoms. The molecule has 0 saturated heterocycles. The molecule has 0 fully saturated rings. The van der Waals surface area contributed by atoms with Crippen LogP contribution in [0.5, 0.6) is 5.75 Å². The molecule has 0 aliphatic heterocycles. The smallest absolute Gasteiger partial charge is 0.343 e. The van der Waals surface area contributed by atoms with Gasteiger partial charge in [-0.15, -0.1) is 0 Å². The standard InChI is InChI=1S/C24H34O2Si/c1-6-8-10-19-11-17-22(18-12-19)26-24(25)21-15-13-20(14-16-21)23(9-7-2)27(3,4)5/h11-18,23H,6-10H2,1-5H3. The van der Waals surface area contributed by atoms with Crippen molar-refractivity contribution in [3.63, 3.8) is 0 Å². The maximum absolute atomic E-state index is 12.5. The van der Waals surface area contributed by atoms with Crippen molar-refractivity contribution in [3.05, 3.63) is 65.2 Å². The van der Waals surface area contributed by atoms with Crippen LogP contribution in [0.3, 0.4) is 0 Å². The molecule has 1 atom stereocenters. The van der Waals surface area contributed by atoms with E-state index in [1.54, 1.807) is 0 Å². The molecule has 1 unspecified atom stereocenters. The molecule has 0 amide bonds. The summed E-state index contributed by atoms with van der Waals surface area (Å²) >= 11 is 0. The molecule has 0 N–H and O–H groups in total. The van der Waals surface area contributed by atoms with Gasteiger partial charge in [0.05, 0.1) is 13.6 Å². The molecule has 2 aromatic rings. The molecule has 0 heterocycles. The Kier molecular flexibility index (Phi) is 7.85. The van der Waals surface area contributed by atoms with E-state index in [4.69, 9.17) is 4.74 Å². The van der Waals surface area contributed by atoms with Gasteiger partial charge >= 0.3 is 5.97 Å². The molecule has 0 saturated carbocycles. The Balaban J connectivity index is 2.04. The van der Waals surface area contributed by atoms with E-state index in [1.807, 2.05) is 36.4 Å². The van der Waals surface area contributed by atoms with Gasteiger partial charge in [0, 0.05) is 0 Å². The molecule has 2 aromatic carbocycles. The number of esters is 1. The zero-order valence-corrected chi connectivity index (χ0v) is 18.5. The van der Waals surface area contributed by atoms with Gasteiger partial charge in [-0.2, -0.15) is 0 Å². The topological polar surface area (TPSA) is 26.3 Å². The number of carbonyl (C=O) groups excluding carboxylic acids is 1. The largest absolute Gasteiger partial charge is 0.423 e. The lowest BCUT2D eigenvalue weighted by Crippen LogP contribution is -2.31. The number of rotatable bonds is 9. The Hall–Kier alpha value is -1.87. The third kappa shape index (κ3) is 6.35. The molecule has 0 radical (unpaired) electrons. The van der Waals surface area contributed by atoms with Crippen molar-refractivity contribution in [2.45, 2.75) is 71.1 Å². The first-order valence-electron chi connectivity index (χ1n) is 10.3. The first-order valence-corrected chi connectivity index (χ1v) is 13.8. The summed E-state index contributed by atoms with van der Waals surface area (Å²) < 4.78 is 5.54. The Bertz CT molecular complexity index is 712. The summed E-state index contributed by atoms with van der Waals surface area (Å²) in [4.78, 5) is 12.5. The van der Waals surface area contributed by atoms with Gasteiger partial charge in [-0.3, -0.25) is 0 Å². The third-order valence-electron chi connectivity index (χ3n) is 5.12. The van der Waals surface area contributed by atoms with Crippen molar-refractivity contribution >= 4 is 14.0 Å². The van der Waals surface area contributed by atoms with Crippen LogP contribution < -0.4 is 4.74 Å². The van der Waals surface area contributed by atoms with E-state index >= 15 is 0 Å². The van der Waals surface area contributed by atoms with E-state index in [-0.39, 0.29) is 5.97 Å². The Morgan fingerprint density at radius 1 is 0.926 bits per heavy atom. The van der Waals surface area contributed by atoms with E-state index < -0.39 is 8.07 Å². The van der Waals surface area contributed by atoms with Crippen molar-refractivity contribution < 1.29 is 9.53 Å². The van der Waals surface area contributed by atoms with Crippen molar-refractivity contribution in [3.8, 4) is 5.75 Å². The van der Waals surface area contributed by atoms with Gasteiger partial charge in [0.15, 0.2) is 0 Å².